The molecule has 1 aromatic carbocycles. The fraction of sp³-hybridized carbons (Fsp3) is 0.611. The molecule has 0 saturated carbocycles. The molecule has 1 aliphatic rings. The van der Waals surface area contributed by atoms with E-state index in [-0.39, 0.29) is 17.9 Å². The highest BCUT2D eigenvalue weighted by Gasteiger charge is 2.52. The number of likely N-dealkylation sites (N-methyl/N-ethyl adjacent to an activating group) is 1. The van der Waals surface area contributed by atoms with Crippen LogP contribution >= 0.6 is 0 Å². The van der Waals surface area contributed by atoms with E-state index in [4.69, 9.17) is 30.6 Å². The fourth-order valence-electron chi connectivity index (χ4n) is 2.09. The number of aromatic carboxylic acids is 1. The minimum Gasteiger partial charge on any atom is -0.545 e. The van der Waals surface area contributed by atoms with Gasteiger partial charge < -0.3 is 54.9 Å². The zero-order valence-electron chi connectivity index (χ0n) is 16.7. The largest absolute Gasteiger partial charge is 0.545 e. The topological polar surface area (TPSA) is 191 Å². The SMILES string of the molecule is C[N+](C)(C)CCO.O=C([O-])c1ccccc1O.OC[C@H]1O[C@](O)(CO)[C@@H](O)[C@@H]1O. The fourth-order valence-corrected chi connectivity index (χ4v) is 2.09. The summed E-state index contributed by atoms with van der Waals surface area (Å²) in [5.74, 6) is -3.78. The number of nitrogens with zero attached hydrogens (tertiary/aromatic N) is 1. The predicted octanol–water partition coefficient (Wildman–Crippen LogP) is -3.78. The van der Waals surface area contributed by atoms with E-state index in [1.165, 1.54) is 18.2 Å². The minimum atomic E-state index is -2.16. The van der Waals surface area contributed by atoms with Crippen LogP contribution in [-0.4, -0.2) is 118 Å². The summed E-state index contributed by atoms with van der Waals surface area (Å²) in [5.41, 5.74) is -0.178. The number of aromatic hydroxyl groups is 1. The third-order valence-electron chi connectivity index (χ3n) is 3.82. The maximum Gasteiger partial charge on any atom is 0.219 e. The average molecular weight is 421 g/mol. The molecule has 7 N–H and O–H groups in total. The van der Waals surface area contributed by atoms with Gasteiger partial charge in [0.2, 0.25) is 5.79 Å². The van der Waals surface area contributed by atoms with Gasteiger partial charge >= 0.3 is 0 Å². The minimum absolute atomic E-state index is 0.178. The predicted molar refractivity (Wildman–Crippen MR) is 98.4 cm³/mol. The molecule has 0 aliphatic carbocycles. The van der Waals surface area contributed by atoms with Crippen molar-refractivity contribution in [2.45, 2.75) is 24.1 Å². The summed E-state index contributed by atoms with van der Waals surface area (Å²) in [7, 11) is 6.16. The van der Waals surface area contributed by atoms with Gasteiger partial charge in [0.05, 0.1) is 46.9 Å². The second-order valence-electron chi connectivity index (χ2n) is 7.32. The Balaban J connectivity index is 0.000000421. The zero-order valence-corrected chi connectivity index (χ0v) is 16.7. The van der Waals surface area contributed by atoms with Crippen LogP contribution in [0.5, 0.6) is 5.75 Å². The van der Waals surface area contributed by atoms with Crippen LogP contribution in [0.15, 0.2) is 24.3 Å². The molecule has 1 fully saturated rings. The number of ether oxygens (including phenoxy) is 1. The molecule has 0 bridgehead atoms. The molecule has 1 saturated heterocycles. The number of carboxylic acids is 1. The third kappa shape index (κ3) is 9.02. The number of carbonyl (C=O) groups excluding carboxylic acids is 1. The maximum atomic E-state index is 10.2. The maximum absolute atomic E-state index is 10.2. The molecule has 0 amide bonds. The van der Waals surface area contributed by atoms with Gasteiger partial charge in [-0.25, -0.2) is 0 Å². The molecule has 2 rings (SSSR count). The number of phenols is 1. The molecule has 11 nitrogen and oxygen atoms in total. The van der Waals surface area contributed by atoms with Crippen LogP contribution < -0.4 is 5.11 Å². The van der Waals surface area contributed by atoms with Gasteiger partial charge in [-0.15, -0.1) is 0 Å². The van der Waals surface area contributed by atoms with Crippen molar-refractivity contribution in [3.8, 4) is 5.75 Å². The van der Waals surface area contributed by atoms with Crippen molar-refractivity contribution in [2.75, 3.05) is 47.5 Å². The Morgan fingerprint density at radius 1 is 1.17 bits per heavy atom. The molecule has 29 heavy (non-hydrogen) atoms. The second-order valence-corrected chi connectivity index (χ2v) is 7.32. The number of quaternary nitrogens is 1. The lowest BCUT2D eigenvalue weighted by atomic mass is 10.1. The van der Waals surface area contributed by atoms with Crippen LogP contribution in [0, 0.1) is 0 Å². The quantitative estimate of drug-likeness (QED) is 0.232. The molecule has 1 heterocycles. The third-order valence-corrected chi connectivity index (χ3v) is 3.82. The summed E-state index contributed by atoms with van der Waals surface area (Å²) in [4.78, 5) is 10.2. The molecule has 11 heteroatoms. The number of rotatable bonds is 5. The molecule has 168 valence electrons. The molecule has 1 aliphatic heterocycles. The van der Waals surface area contributed by atoms with Crippen LogP contribution in [-0.2, 0) is 4.74 Å². The molecule has 0 aromatic heterocycles. The molecule has 0 spiro atoms. The van der Waals surface area contributed by atoms with Crippen LogP contribution in [0.25, 0.3) is 0 Å². The summed E-state index contributed by atoms with van der Waals surface area (Å²) >= 11 is 0. The summed E-state index contributed by atoms with van der Waals surface area (Å²) in [6.07, 6.45) is -4.04. The van der Waals surface area contributed by atoms with Crippen LogP contribution in [0.1, 0.15) is 10.4 Å². The number of carbonyl (C=O) groups is 1. The number of carboxylic acid groups (broad SMARTS) is 1. The second kappa shape index (κ2) is 12.0. The Kier molecular flexibility index (Phi) is 11.2. The van der Waals surface area contributed by atoms with Crippen molar-refractivity contribution in [1.82, 2.24) is 0 Å². The van der Waals surface area contributed by atoms with E-state index in [1.54, 1.807) is 6.07 Å². The van der Waals surface area contributed by atoms with Crippen molar-refractivity contribution in [2.24, 2.45) is 0 Å². The smallest absolute Gasteiger partial charge is 0.219 e. The monoisotopic (exact) mass is 421 g/mol. The van der Waals surface area contributed by atoms with Gasteiger partial charge in [-0.2, -0.15) is 0 Å². The van der Waals surface area contributed by atoms with E-state index < -0.39 is 43.3 Å². The Hall–Kier alpha value is -1.83. The molecule has 1 aromatic rings. The Morgan fingerprint density at radius 2 is 1.72 bits per heavy atom. The first-order valence-corrected chi connectivity index (χ1v) is 8.71. The van der Waals surface area contributed by atoms with Crippen LogP contribution in [0.2, 0.25) is 0 Å². The number of hydrogen-bond acceptors (Lipinski definition) is 10. The van der Waals surface area contributed by atoms with E-state index in [2.05, 4.69) is 25.9 Å². The van der Waals surface area contributed by atoms with Gasteiger partial charge in [-0.05, 0) is 12.1 Å². The van der Waals surface area contributed by atoms with Crippen LogP contribution in [0.3, 0.4) is 0 Å². The Bertz CT molecular complexity index is 621. The van der Waals surface area contributed by atoms with Gasteiger partial charge in [0.15, 0.2) is 0 Å². The van der Waals surface area contributed by atoms with E-state index in [0.29, 0.717) is 0 Å². The van der Waals surface area contributed by atoms with Gasteiger partial charge in [0.1, 0.15) is 30.6 Å². The number of hydrogen-bond donors (Lipinski definition) is 7. The first-order chi connectivity index (χ1) is 13.3. The van der Waals surface area contributed by atoms with Gasteiger partial charge in [-0.3, -0.25) is 0 Å². The van der Waals surface area contributed by atoms with E-state index in [9.17, 15) is 15.0 Å². The van der Waals surface area contributed by atoms with Crippen molar-refractivity contribution in [3.63, 3.8) is 0 Å². The summed E-state index contributed by atoms with van der Waals surface area (Å²) in [5, 5.41) is 72.1. The van der Waals surface area contributed by atoms with Crippen LogP contribution in [0.4, 0.5) is 0 Å². The summed E-state index contributed by atoms with van der Waals surface area (Å²) < 4.78 is 5.47. The first-order valence-electron chi connectivity index (χ1n) is 8.71. The zero-order chi connectivity index (χ0) is 22.8. The highest BCUT2D eigenvalue weighted by molar-refractivity contribution is 5.88. The number of para-hydroxylation sites is 1. The summed E-state index contributed by atoms with van der Waals surface area (Å²) in [6, 6.07) is 5.64. The Labute approximate surface area is 168 Å². The standard InChI is InChI=1S/C7H6O3.C6H12O6.C5H14NO/c8-6-4-2-1-3-5(6)7(9)10;7-1-3-4(9)5(10)6(11,2-8)12-3;1-6(2,3)4-5-7/h1-4,8H,(H,9,10);3-5,7-11H,1-2H2;7H,4-5H2,1-3H3/q;;+1/p-1/t;3-,4-,5+,6-;/m.1./s1. The van der Waals surface area contributed by atoms with E-state index in [1.807, 2.05) is 0 Å². The average Bonchev–Trinajstić information content (AvgIpc) is 2.86. The normalized spacial score (nSPS) is 26.0. The van der Waals surface area contributed by atoms with Gasteiger partial charge in [-0.1, -0.05) is 12.1 Å². The van der Waals surface area contributed by atoms with E-state index in [0.717, 1.165) is 11.0 Å². The number of aliphatic hydroxyl groups is 6. The summed E-state index contributed by atoms with van der Waals surface area (Å²) in [6.45, 7) is -0.244. The molecular weight excluding hydrogens is 390 g/mol. The van der Waals surface area contributed by atoms with Gasteiger partial charge in [0, 0.05) is 5.56 Å². The van der Waals surface area contributed by atoms with Crippen molar-refractivity contribution in [3.05, 3.63) is 29.8 Å². The molecule has 4 atom stereocenters. The lowest BCUT2D eigenvalue weighted by Crippen LogP contribution is -2.46. The van der Waals surface area contributed by atoms with Crippen molar-refractivity contribution < 1.29 is 54.9 Å². The lowest BCUT2D eigenvalue weighted by molar-refractivity contribution is -0.870. The molecule has 0 radical (unpaired) electrons. The van der Waals surface area contributed by atoms with E-state index >= 15 is 0 Å². The Morgan fingerprint density at radius 3 is 1.97 bits per heavy atom. The first kappa shape index (κ1) is 27.2. The highest BCUT2D eigenvalue weighted by Crippen LogP contribution is 2.28. The number of aliphatic hydroxyl groups excluding tert-OH is 5. The molecular formula is C18H31NO10. The van der Waals surface area contributed by atoms with Gasteiger partial charge in [0.25, 0.3) is 0 Å². The number of benzene rings is 1. The van der Waals surface area contributed by atoms with Crippen molar-refractivity contribution >= 4 is 5.97 Å². The molecule has 0 unspecified atom stereocenters. The lowest BCUT2D eigenvalue weighted by Gasteiger charge is -2.22. The van der Waals surface area contributed by atoms with Crippen molar-refractivity contribution in [1.29, 1.82) is 0 Å². The highest BCUT2D eigenvalue weighted by atomic mass is 16.7.